The Bertz CT molecular complexity index is 1430. The van der Waals surface area contributed by atoms with Crippen molar-refractivity contribution < 1.29 is 27.6 Å². The first-order valence-corrected chi connectivity index (χ1v) is 13.2. The van der Waals surface area contributed by atoms with Crippen molar-refractivity contribution in [2.75, 3.05) is 19.6 Å². The molecule has 9 nitrogen and oxygen atoms in total. The smallest absolute Gasteiger partial charge is 0.270 e. The van der Waals surface area contributed by atoms with Crippen LogP contribution in [0.2, 0.25) is 0 Å². The van der Waals surface area contributed by atoms with Gasteiger partial charge in [-0.25, -0.2) is 13.2 Å². The van der Waals surface area contributed by atoms with E-state index in [0.29, 0.717) is 37.9 Å². The van der Waals surface area contributed by atoms with Crippen LogP contribution in [0.1, 0.15) is 71.5 Å². The van der Waals surface area contributed by atoms with Crippen LogP contribution < -0.4 is 10.7 Å². The van der Waals surface area contributed by atoms with Crippen LogP contribution in [0.15, 0.2) is 34.3 Å². The van der Waals surface area contributed by atoms with Crippen LogP contribution in [0.3, 0.4) is 0 Å². The Morgan fingerprint density at radius 3 is 2.59 bits per heavy atom. The van der Waals surface area contributed by atoms with Crippen molar-refractivity contribution in [3.05, 3.63) is 68.9 Å². The van der Waals surface area contributed by atoms with Gasteiger partial charge in [0.15, 0.2) is 11.0 Å². The molecule has 39 heavy (non-hydrogen) atoms. The summed E-state index contributed by atoms with van der Waals surface area (Å²) in [6.45, 7) is 3.52. The minimum atomic E-state index is -1.15. The predicted molar refractivity (Wildman–Crippen MR) is 134 cm³/mol. The highest BCUT2D eigenvalue weighted by Crippen LogP contribution is 2.45. The molecule has 1 aromatic heterocycles. The number of likely N-dealkylation sites (tertiary alicyclic amines) is 1. The number of amidine groups is 1. The van der Waals surface area contributed by atoms with Crippen LogP contribution in [0, 0.1) is 17.5 Å². The fraction of sp³-hybridized carbons (Fsp3) is 0.481. The average Bonchev–Trinajstić information content (AvgIpc) is 3.55. The molecule has 2 aromatic rings. The van der Waals surface area contributed by atoms with Gasteiger partial charge in [-0.1, -0.05) is 5.16 Å². The van der Waals surface area contributed by atoms with Gasteiger partial charge in [0.25, 0.3) is 11.8 Å². The van der Waals surface area contributed by atoms with Gasteiger partial charge in [-0.05, 0) is 32.6 Å². The SMILES string of the molecule is CC1CCC2(CC(N3CCCC3)=NO2)C2CN1C(=O)c1cc(=O)c(C(=O)NCc3c(F)cc(F)cc3F)cn12. The average molecular weight is 544 g/mol. The second-order valence-corrected chi connectivity index (χ2v) is 10.8. The highest BCUT2D eigenvalue weighted by atomic mass is 19.1. The molecule has 2 saturated heterocycles. The number of fused-ring (bicyclic) bond motifs is 5. The molecule has 0 saturated carbocycles. The van der Waals surface area contributed by atoms with Crippen LogP contribution in [0.25, 0.3) is 0 Å². The molecule has 0 radical (unpaired) electrons. The molecule has 206 valence electrons. The maximum atomic E-state index is 14.1. The van der Waals surface area contributed by atoms with Crippen LogP contribution in [-0.2, 0) is 11.4 Å². The third-order valence-electron chi connectivity index (χ3n) is 8.43. The fourth-order valence-corrected chi connectivity index (χ4v) is 6.17. The van der Waals surface area contributed by atoms with Crippen molar-refractivity contribution in [1.29, 1.82) is 0 Å². The van der Waals surface area contributed by atoms with Gasteiger partial charge in [0.05, 0.1) is 12.5 Å². The van der Waals surface area contributed by atoms with Gasteiger partial charge in [0, 0.05) is 62.2 Å². The van der Waals surface area contributed by atoms with Crippen LogP contribution >= 0.6 is 0 Å². The molecule has 5 heterocycles. The first-order valence-electron chi connectivity index (χ1n) is 13.2. The molecule has 3 unspecified atom stereocenters. The Labute approximate surface area is 222 Å². The van der Waals surface area contributed by atoms with Gasteiger partial charge in [-0.2, -0.15) is 0 Å². The van der Waals surface area contributed by atoms with Crippen molar-refractivity contribution >= 4 is 17.6 Å². The van der Waals surface area contributed by atoms with Crippen molar-refractivity contribution in [2.24, 2.45) is 5.16 Å². The Kier molecular flexibility index (Phi) is 6.15. The van der Waals surface area contributed by atoms with E-state index in [4.69, 9.17) is 4.84 Å². The molecule has 4 aliphatic heterocycles. The number of halogens is 3. The lowest BCUT2D eigenvalue weighted by Gasteiger charge is -2.41. The maximum Gasteiger partial charge on any atom is 0.270 e. The predicted octanol–water partition coefficient (Wildman–Crippen LogP) is 2.94. The number of nitrogens with zero attached hydrogens (tertiary/aromatic N) is 4. The molecule has 12 heteroatoms. The van der Waals surface area contributed by atoms with E-state index in [-0.39, 0.29) is 23.2 Å². The number of benzene rings is 1. The van der Waals surface area contributed by atoms with Gasteiger partial charge in [-0.15, -0.1) is 0 Å². The summed E-state index contributed by atoms with van der Waals surface area (Å²) in [6, 6.07) is 1.67. The van der Waals surface area contributed by atoms with Crippen molar-refractivity contribution in [3.63, 3.8) is 0 Å². The first kappa shape index (κ1) is 25.4. The summed E-state index contributed by atoms with van der Waals surface area (Å²) in [7, 11) is 0. The van der Waals surface area contributed by atoms with Gasteiger partial charge in [0.1, 0.15) is 34.5 Å². The van der Waals surface area contributed by atoms with E-state index in [2.05, 4.69) is 15.4 Å². The number of hydrogen-bond acceptors (Lipinski definition) is 6. The molecule has 1 aromatic carbocycles. The molecule has 4 aliphatic rings. The molecule has 2 bridgehead atoms. The number of pyridine rings is 1. The fourth-order valence-electron chi connectivity index (χ4n) is 6.17. The van der Waals surface area contributed by atoms with E-state index in [9.17, 15) is 27.6 Å². The molecule has 1 spiro atoms. The summed E-state index contributed by atoms with van der Waals surface area (Å²) < 4.78 is 43.0. The maximum absolute atomic E-state index is 14.1. The summed E-state index contributed by atoms with van der Waals surface area (Å²) >= 11 is 0. The lowest BCUT2D eigenvalue weighted by molar-refractivity contribution is -0.0654. The van der Waals surface area contributed by atoms with Crippen molar-refractivity contribution in [1.82, 2.24) is 19.7 Å². The lowest BCUT2D eigenvalue weighted by Crippen LogP contribution is -2.52. The topological polar surface area (TPSA) is 96.2 Å². The van der Waals surface area contributed by atoms with Crippen LogP contribution in [0.5, 0.6) is 0 Å². The van der Waals surface area contributed by atoms with Crippen LogP contribution in [-0.4, -0.2) is 63.3 Å². The number of carbonyl (C=O) groups is 2. The summed E-state index contributed by atoms with van der Waals surface area (Å²) in [5, 5.41) is 6.79. The largest absolute Gasteiger partial charge is 0.385 e. The third kappa shape index (κ3) is 4.25. The van der Waals surface area contributed by atoms with E-state index < -0.39 is 52.5 Å². The van der Waals surface area contributed by atoms with Gasteiger partial charge >= 0.3 is 0 Å². The molecular formula is C27H28F3N5O4. The van der Waals surface area contributed by atoms with Crippen LogP contribution in [0.4, 0.5) is 13.2 Å². The van der Waals surface area contributed by atoms with E-state index in [1.165, 1.54) is 6.20 Å². The van der Waals surface area contributed by atoms with E-state index in [1.54, 1.807) is 9.47 Å². The summed E-state index contributed by atoms with van der Waals surface area (Å²) in [5.41, 5.74) is -2.13. The standard InChI is InChI=1S/C27H28F3N5O4/c1-15-4-5-27(11-24(32-39-27)33-6-2-3-7-33)23-14-34(15)26(38)21-10-22(36)18(13-35(21)23)25(37)31-12-17-19(29)8-16(28)9-20(17)30/h8-10,13,15,23H,2-7,11-12,14H2,1H3,(H,31,37). The van der Waals surface area contributed by atoms with Crippen molar-refractivity contribution in [2.45, 2.75) is 63.3 Å². The minimum absolute atomic E-state index is 0.0776. The lowest BCUT2D eigenvalue weighted by atomic mass is 9.85. The van der Waals surface area contributed by atoms with E-state index in [1.807, 2.05) is 6.92 Å². The second-order valence-electron chi connectivity index (χ2n) is 10.8. The minimum Gasteiger partial charge on any atom is -0.385 e. The normalized spacial score (nSPS) is 25.8. The third-order valence-corrected chi connectivity index (χ3v) is 8.43. The zero-order valence-corrected chi connectivity index (χ0v) is 21.4. The number of nitrogens with one attached hydrogen (secondary N) is 1. The number of oxime groups is 1. The monoisotopic (exact) mass is 543 g/mol. The first-order chi connectivity index (χ1) is 18.7. The number of aromatic nitrogens is 1. The van der Waals surface area contributed by atoms with Gasteiger partial charge in [0.2, 0.25) is 0 Å². The number of hydrogen-bond donors (Lipinski definition) is 1. The Hall–Kier alpha value is -3.83. The second kappa shape index (κ2) is 9.42. The number of rotatable bonds is 3. The Morgan fingerprint density at radius 1 is 1.15 bits per heavy atom. The molecule has 2 fully saturated rings. The van der Waals surface area contributed by atoms with E-state index >= 15 is 0 Å². The Morgan fingerprint density at radius 2 is 1.87 bits per heavy atom. The van der Waals surface area contributed by atoms with Crippen molar-refractivity contribution in [3.8, 4) is 0 Å². The molecular weight excluding hydrogens is 515 g/mol. The molecule has 6 rings (SSSR count). The molecule has 2 amide bonds. The summed E-state index contributed by atoms with van der Waals surface area (Å²) in [4.78, 5) is 49.5. The highest BCUT2D eigenvalue weighted by molar-refractivity contribution is 5.97. The number of carbonyl (C=O) groups excluding carboxylic acids is 2. The molecule has 1 N–H and O–H groups in total. The number of amides is 2. The quantitative estimate of drug-likeness (QED) is 0.643. The molecule has 0 aliphatic carbocycles. The highest BCUT2D eigenvalue weighted by Gasteiger charge is 2.54. The van der Waals surface area contributed by atoms with Gasteiger partial charge in [-0.3, -0.25) is 14.4 Å². The summed E-state index contributed by atoms with van der Waals surface area (Å²) in [6.07, 6.45) is 5.36. The Balaban J connectivity index is 1.33. The zero-order valence-electron chi connectivity index (χ0n) is 21.4. The zero-order chi connectivity index (χ0) is 27.5. The van der Waals surface area contributed by atoms with E-state index in [0.717, 1.165) is 37.8 Å². The van der Waals surface area contributed by atoms with Gasteiger partial charge < -0.3 is 24.5 Å². The molecule has 3 atom stereocenters. The summed E-state index contributed by atoms with van der Waals surface area (Å²) in [5.74, 6) is -3.69.